The fraction of sp³-hybridized carbons (Fsp3) is 0.421. The summed E-state index contributed by atoms with van der Waals surface area (Å²) < 4.78 is 0. The summed E-state index contributed by atoms with van der Waals surface area (Å²) in [4.78, 5) is 23.3. The number of aliphatic hydroxyl groups is 1. The zero-order valence-electron chi connectivity index (χ0n) is 13.6. The van der Waals surface area contributed by atoms with E-state index in [1.165, 1.54) is 0 Å². The average Bonchev–Trinajstić information content (AvgIpc) is 2.60. The van der Waals surface area contributed by atoms with Crippen molar-refractivity contribution < 1.29 is 9.90 Å². The van der Waals surface area contributed by atoms with Crippen molar-refractivity contribution in [1.82, 2.24) is 14.9 Å². The van der Waals surface area contributed by atoms with Crippen LogP contribution < -0.4 is 0 Å². The third-order valence-corrected chi connectivity index (χ3v) is 5.17. The fourth-order valence-corrected chi connectivity index (χ4v) is 3.55. The molecular formula is C19H21N3O2. The second kappa shape index (κ2) is 5.98. The summed E-state index contributed by atoms with van der Waals surface area (Å²) in [5.41, 5.74) is 3.23. The molecule has 1 aliphatic heterocycles. The van der Waals surface area contributed by atoms with Crippen LogP contribution in [0, 0.1) is 0 Å². The Balaban J connectivity index is 1.59. The van der Waals surface area contributed by atoms with E-state index in [2.05, 4.69) is 9.97 Å². The summed E-state index contributed by atoms with van der Waals surface area (Å²) in [5, 5.41) is 10.3. The quantitative estimate of drug-likeness (QED) is 0.941. The second-order valence-corrected chi connectivity index (χ2v) is 6.83. The number of fused-ring (bicyclic) bond motifs is 1. The van der Waals surface area contributed by atoms with Crippen LogP contribution in [0.15, 0.2) is 36.7 Å². The maximum Gasteiger partial charge on any atom is 0.225 e. The van der Waals surface area contributed by atoms with Crippen molar-refractivity contribution in [2.24, 2.45) is 0 Å². The monoisotopic (exact) mass is 323 g/mol. The Bertz CT molecular complexity index is 756. The molecule has 24 heavy (non-hydrogen) atoms. The van der Waals surface area contributed by atoms with Gasteiger partial charge in [0.15, 0.2) is 0 Å². The van der Waals surface area contributed by atoms with Crippen molar-refractivity contribution in [3.63, 3.8) is 0 Å². The lowest BCUT2D eigenvalue weighted by atomic mass is 9.77. The first-order valence-corrected chi connectivity index (χ1v) is 8.53. The molecule has 1 amide bonds. The van der Waals surface area contributed by atoms with Crippen LogP contribution in [0.1, 0.15) is 36.9 Å². The maximum absolute atomic E-state index is 12.6. The molecule has 0 radical (unpaired) electrons. The van der Waals surface area contributed by atoms with Crippen molar-refractivity contribution in [1.29, 1.82) is 0 Å². The molecule has 1 aromatic heterocycles. The molecule has 1 N–H and O–H groups in total. The lowest BCUT2D eigenvalue weighted by Crippen LogP contribution is -2.45. The number of hydrogen-bond acceptors (Lipinski definition) is 4. The Hall–Kier alpha value is -2.27. The van der Waals surface area contributed by atoms with Gasteiger partial charge in [-0.3, -0.25) is 4.79 Å². The van der Waals surface area contributed by atoms with Gasteiger partial charge in [0.2, 0.25) is 5.91 Å². The first-order valence-electron chi connectivity index (χ1n) is 8.53. The zero-order valence-corrected chi connectivity index (χ0v) is 13.6. The Kier molecular flexibility index (Phi) is 3.81. The highest BCUT2D eigenvalue weighted by Gasteiger charge is 2.38. The van der Waals surface area contributed by atoms with Crippen LogP contribution in [-0.4, -0.2) is 38.0 Å². The van der Waals surface area contributed by atoms with Gasteiger partial charge in [-0.2, -0.15) is 0 Å². The zero-order chi connectivity index (χ0) is 16.6. The number of nitrogens with zero attached hydrogens (tertiary/aromatic N) is 3. The Morgan fingerprint density at radius 2 is 2.00 bits per heavy atom. The molecule has 4 rings (SSSR count). The molecule has 5 heteroatoms. The van der Waals surface area contributed by atoms with Gasteiger partial charge in [0.1, 0.15) is 6.33 Å². The summed E-state index contributed by atoms with van der Waals surface area (Å²) in [6.45, 7) is 1.18. The lowest BCUT2D eigenvalue weighted by Gasteiger charge is -2.38. The smallest absolute Gasteiger partial charge is 0.225 e. The SMILES string of the molecule is O=C(CC1(O)CCC1)N1CCc2ncnc(-c3ccccc3)c2C1. The van der Waals surface area contributed by atoms with Crippen molar-refractivity contribution in [2.45, 2.75) is 44.2 Å². The average molecular weight is 323 g/mol. The molecule has 1 aromatic carbocycles. The van der Waals surface area contributed by atoms with Gasteiger partial charge in [0.25, 0.3) is 0 Å². The van der Waals surface area contributed by atoms with E-state index in [0.717, 1.165) is 48.2 Å². The summed E-state index contributed by atoms with van der Waals surface area (Å²) in [6, 6.07) is 10.0. The Morgan fingerprint density at radius 1 is 1.21 bits per heavy atom. The standard InChI is InChI=1S/C19H21N3O2/c23-17(11-19(24)8-4-9-19)22-10-7-16-15(12-22)18(21-13-20-16)14-5-2-1-3-6-14/h1-3,5-6,13,24H,4,7-12H2. The van der Waals surface area contributed by atoms with Crippen molar-refractivity contribution in [3.8, 4) is 11.3 Å². The molecule has 0 atom stereocenters. The third kappa shape index (κ3) is 2.80. The highest BCUT2D eigenvalue weighted by molar-refractivity contribution is 5.78. The van der Waals surface area contributed by atoms with E-state index in [1.54, 1.807) is 6.33 Å². The molecule has 2 heterocycles. The van der Waals surface area contributed by atoms with E-state index in [1.807, 2.05) is 35.2 Å². The normalized spacial score (nSPS) is 18.6. The van der Waals surface area contributed by atoms with E-state index in [0.29, 0.717) is 13.1 Å². The van der Waals surface area contributed by atoms with Gasteiger partial charge in [0.05, 0.1) is 23.4 Å². The van der Waals surface area contributed by atoms with Crippen LogP contribution in [0.25, 0.3) is 11.3 Å². The summed E-state index contributed by atoms with van der Waals surface area (Å²) in [6.07, 6.45) is 5.07. The van der Waals surface area contributed by atoms with Gasteiger partial charge in [-0.15, -0.1) is 0 Å². The number of hydrogen-bond donors (Lipinski definition) is 1. The van der Waals surface area contributed by atoms with Gasteiger partial charge < -0.3 is 10.0 Å². The molecule has 1 fully saturated rings. The summed E-state index contributed by atoms with van der Waals surface area (Å²) in [5.74, 6) is 0.0331. The molecule has 0 saturated heterocycles. The van der Waals surface area contributed by atoms with E-state index >= 15 is 0 Å². The number of carbonyl (C=O) groups excluding carboxylic acids is 1. The molecular weight excluding hydrogens is 302 g/mol. The van der Waals surface area contributed by atoms with E-state index in [9.17, 15) is 9.90 Å². The van der Waals surface area contributed by atoms with Gasteiger partial charge in [0, 0.05) is 30.6 Å². The molecule has 2 aromatic rings. The third-order valence-electron chi connectivity index (χ3n) is 5.17. The van der Waals surface area contributed by atoms with Gasteiger partial charge >= 0.3 is 0 Å². The van der Waals surface area contributed by atoms with Crippen LogP contribution >= 0.6 is 0 Å². The predicted molar refractivity (Wildman–Crippen MR) is 90.0 cm³/mol. The molecule has 0 spiro atoms. The number of aromatic nitrogens is 2. The number of amides is 1. The Labute approximate surface area is 141 Å². The van der Waals surface area contributed by atoms with Crippen molar-refractivity contribution in [3.05, 3.63) is 47.9 Å². The molecule has 0 unspecified atom stereocenters. The fourth-order valence-electron chi connectivity index (χ4n) is 3.55. The maximum atomic E-state index is 12.6. The largest absolute Gasteiger partial charge is 0.389 e. The molecule has 124 valence electrons. The van der Waals surface area contributed by atoms with E-state index in [-0.39, 0.29) is 12.3 Å². The first kappa shape index (κ1) is 15.3. The number of benzene rings is 1. The van der Waals surface area contributed by atoms with Gasteiger partial charge in [-0.1, -0.05) is 30.3 Å². The highest BCUT2D eigenvalue weighted by atomic mass is 16.3. The minimum absolute atomic E-state index is 0.0331. The number of rotatable bonds is 3. The predicted octanol–water partition coefficient (Wildman–Crippen LogP) is 2.33. The highest BCUT2D eigenvalue weighted by Crippen LogP contribution is 2.36. The van der Waals surface area contributed by atoms with Crippen LogP contribution in [0.3, 0.4) is 0 Å². The Morgan fingerprint density at radius 3 is 2.71 bits per heavy atom. The van der Waals surface area contributed by atoms with Gasteiger partial charge in [-0.05, 0) is 19.3 Å². The lowest BCUT2D eigenvalue weighted by molar-refractivity contribution is -0.141. The second-order valence-electron chi connectivity index (χ2n) is 6.83. The minimum Gasteiger partial charge on any atom is -0.389 e. The first-order chi connectivity index (χ1) is 11.6. The van der Waals surface area contributed by atoms with Crippen LogP contribution in [0.4, 0.5) is 0 Å². The van der Waals surface area contributed by atoms with E-state index < -0.39 is 5.60 Å². The van der Waals surface area contributed by atoms with Gasteiger partial charge in [-0.25, -0.2) is 9.97 Å². The van der Waals surface area contributed by atoms with E-state index in [4.69, 9.17) is 0 Å². The van der Waals surface area contributed by atoms with Crippen LogP contribution in [-0.2, 0) is 17.8 Å². The van der Waals surface area contributed by atoms with Crippen molar-refractivity contribution in [2.75, 3.05) is 6.54 Å². The molecule has 1 saturated carbocycles. The molecule has 0 bridgehead atoms. The summed E-state index contributed by atoms with van der Waals surface area (Å²) >= 11 is 0. The number of carbonyl (C=O) groups is 1. The minimum atomic E-state index is -0.771. The molecule has 1 aliphatic carbocycles. The summed E-state index contributed by atoms with van der Waals surface area (Å²) in [7, 11) is 0. The van der Waals surface area contributed by atoms with Crippen LogP contribution in [0.5, 0.6) is 0 Å². The van der Waals surface area contributed by atoms with Crippen molar-refractivity contribution >= 4 is 5.91 Å². The van der Waals surface area contributed by atoms with Crippen LogP contribution in [0.2, 0.25) is 0 Å². The topological polar surface area (TPSA) is 66.3 Å². The molecule has 2 aliphatic rings. The molecule has 5 nitrogen and oxygen atoms in total.